The molecule has 2 aromatic heterocycles. The van der Waals surface area contributed by atoms with E-state index in [0.717, 1.165) is 45.1 Å². The highest BCUT2D eigenvalue weighted by atomic mass is 32.2. The third-order valence-corrected chi connectivity index (χ3v) is 8.59. The highest BCUT2D eigenvalue weighted by Gasteiger charge is 2.29. The van der Waals surface area contributed by atoms with Crippen LogP contribution in [-0.2, 0) is 42.6 Å². The fraction of sp³-hybridized carbons (Fsp3) is 0.267. The summed E-state index contributed by atoms with van der Waals surface area (Å²) in [5, 5.41) is 20.4. The van der Waals surface area contributed by atoms with Crippen molar-refractivity contribution in [1.29, 1.82) is 0 Å². The van der Waals surface area contributed by atoms with E-state index in [9.17, 15) is 18.3 Å². The Morgan fingerprint density at radius 1 is 1.00 bits per heavy atom. The van der Waals surface area contributed by atoms with Gasteiger partial charge in [0.2, 0.25) is 10.0 Å². The van der Waals surface area contributed by atoms with E-state index in [2.05, 4.69) is 27.4 Å². The maximum absolute atomic E-state index is 13.5. The van der Waals surface area contributed by atoms with Crippen LogP contribution < -0.4 is 5.32 Å². The van der Waals surface area contributed by atoms with Gasteiger partial charge in [0.15, 0.2) is 5.69 Å². The van der Waals surface area contributed by atoms with Crippen molar-refractivity contribution >= 4 is 37.6 Å². The summed E-state index contributed by atoms with van der Waals surface area (Å²) in [5.74, 6) is -0.253. The number of amides is 1. The average molecular weight is 558 g/mol. The van der Waals surface area contributed by atoms with E-state index in [-0.39, 0.29) is 12.5 Å². The lowest BCUT2D eigenvalue weighted by atomic mass is 10.0. The van der Waals surface area contributed by atoms with Crippen LogP contribution in [0.5, 0.6) is 0 Å². The minimum absolute atomic E-state index is 0.0695. The van der Waals surface area contributed by atoms with Crippen LogP contribution in [0.25, 0.3) is 21.7 Å². The second-order valence-electron chi connectivity index (χ2n) is 10.2. The Bertz CT molecular complexity index is 1830. The molecule has 3 aromatic carbocycles. The van der Waals surface area contributed by atoms with Gasteiger partial charge in [0.1, 0.15) is 0 Å². The molecular formula is C30H31N5O4S. The van der Waals surface area contributed by atoms with Gasteiger partial charge in [0.05, 0.1) is 24.9 Å². The third-order valence-electron chi connectivity index (χ3n) is 7.57. The quantitative estimate of drug-likeness (QED) is 0.303. The predicted molar refractivity (Wildman–Crippen MR) is 154 cm³/mol. The summed E-state index contributed by atoms with van der Waals surface area (Å²) in [6.07, 6.45) is 3.57. The number of nitrogens with zero attached hydrogens (tertiary/aromatic N) is 4. The topological polar surface area (TPSA) is 109 Å². The van der Waals surface area contributed by atoms with Crippen LogP contribution in [0.3, 0.4) is 0 Å². The third kappa shape index (κ3) is 4.90. The molecule has 0 radical (unpaired) electrons. The number of benzene rings is 3. The smallest absolute Gasteiger partial charge is 0.272 e. The van der Waals surface area contributed by atoms with Crippen LogP contribution in [0.15, 0.2) is 72.9 Å². The van der Waals surface area contributed by atoms with Crippen molar-refractivity contribution in [2.45, 2.75) is 32.6 Å². The van der Waals surface area contributed by atoms with Gasteiger partial charge in [0, 0.05) is 55.4 Å². The number of carbonyl (C=O) groups is 1. The van der Waals surface area contributed by atoms with Crippen molar-refractivity contribution in [3.05, 3.63) is 101 Å². The summed E-state index contributed by atoms with van der Waals surface area (Å²) in [6.45, 7) is 2.37. The normalized spacial score (nSPS) is 14.1. The number of para-hydroxylation sites is 1. The van der Waals surface area contributed by atoms with Crippen molar-refractivity contribution in [2.75, 3.05) is 19.4 Å². The number of aromatic nitrogens is 3. The minimum atomic E-state index is -3.45. The van der Waals surface area contributed by atoms with Crippen LogP contribution in [0.4, 0.5) is 0 Å². The summed E-state index contributed by atoms with van der Waals surface area (Å²) in [4.78, 5) is 15.7. The Morgan fingerprint density at radius 3 is 2.55 bits per heavy atom. The van der Waals surface area contributed by atoms with Crippen molar-refractivity contribution in [2.24, 2.45) is 0 Å². The van der Waals surface area contributed by atoms with E-state index in [1.54, 1.807) is 10.9 Å². The van der Waals surface area contributed by atoms with Crippen molar-refractivity contribution in [1.82, 2.24) is 24.0 Å². The summed E-state index contributed by atoms with van der Waals surface area (Å²) < 4.78 is 27.9. The van der Waals surface area contributed by atoms with Gasteiger partial charge in [-0.2, -0.15) is 5.10 Å². The summed E-state index contributed by atoms with van der Waals surface area (Å²) in [7, 11) is -3.45. The molecule has 40 heavy (non-hydrogen) atoms. The van der Waals surface area contributed by atoms with Crippen molar-refractivity contribution in [3.8, 4) is 0 Å². The number of hydrogen-bond acceptors (Lipinski definition) is 6. The minimum Gasteiger partial charge on any atom is -0.394 e. The molecule has 0 aliphatic carbocycles. The van der Waals surface area contributed by atoms with Gasteiger partial charge in [-0.15, -0.1) is 0 Å². The first kappa shape index (κ1) is 26.2. The number of fused-ring (bicyclic) bond motifs is 3. The number of nitrogens with one attached hydrogen (secondary N) is 1. The molecule has 3 heterocycles. The molecule has 9 nitrogen and oxygen atoms in total. The highest BCUT2D eigenvalue weighted by Crippen LogP contribution is 2.28. The maximum atomic E-state index is 13.5. The SMILES string of the molecule is CS(=O)(=O)n1cc(CN2CCc3c(c(C(=O)NCc4cccc5ccccc45)nn3CCO)C2)c2ccccc21. The van der Waals surface area contributed by atoms with Gasteiger partial charge in [-0.25, -0.2) is 12.4 Å². The molecule has 206 valence electrons. The van der Waals surface area contributed by atoms with E-state index in [1.165, 1.54) is 10.2 Å². The van der Waals surface area contributed by atoms with Gasteiger partial charge < -0.3 is 10.4 Å². The number of rotatable bonds is 8. The van der Waals surface area contributed by atoms with Gasteiger partial charge in [0.25, 0.3) is 5.91 Å². The number of hydrogen-bond donors (Lipinski definition) is 2. The van der Waals surface area contributed by atoms with Gasteiger partial charge in [-0.05, 0) is 28.0 Å². The average Bonchev–Trinajstić information content (AvgIpc) is 3.50. The maximum Gasteiger partial charge on any atom is 0.272 e. The van der Waals surface area contributed by atoms with E-state index >= 15 is 0 Å². The molecule has 0 unspecified atom stereocenters. The molecule has 0 bridgehead atoms. The highest BCUT2D eigenvalue weighted by molar-refractivity contribution is 7.89. The monoisotopic (exact) mass is 557 g/mol. The molecule has 0 fully saturated rings. The Kier molecular flexibility index (Phi) is 6.91. The Labute approximate surface area is 232 Å². The zero-order valence-corrected chi connectivity index (χ0v) is 23.1. The van der Waals surface area contributed by atoms with E-state index < -0.39 is 10.0 Å². The lowest BCUT2D eigenvalue weighted by Gasteiger charge is -2.27. The lowest BCUT2D eigenvalue weighted by molar-refractivity contribution is 0.0942. The van der Waals surface area contributed by atoms with Gasteiger partial charge in [-0.1, -0.05) is 60.7 Å². The molecule has 2 N–H and O–H groups in total. The van der Waals surface area contributed by atoms with E-state index in [0.29, 0.717) is 43.8 Å². The second-order valence-corrected chi connectivity index (χ2v) is 12.1. The molecule has 0 saturated carbocycles. The van der Waals surface area contributed by atoms with Gasteiger partial charge >= 0.3 is 0 Å². The number of aliphatic hydroxyl groups is 1. The Balaban J connectivity index is 1.26. The van der Waals surface area contributed by atoms with Gasteiger partial charge in [-0.3, -0.25) is 14.4 Å². The predicted octanol–water partition coefficient (Wildman–Crippen LogP) is 3.28. The largest absolute Gasteiger partial charge is 0.394 e. The summed E-state index contributed by atoms with van der Waals surface area (Å²) >= 11 is 0. The van der Waals surface area contributed by atoms with Crippen LogP contribution in [0, 0.1) is 0 Å². The molecule has 10 heteroatoms. The molecule has 6 rings (SSSR count). The standard InChI is InChI=1S/C30H31N5O4S/c1-40(38,39)35-19-23(25-11-4-5-12-28(25)35)18-33-14-13-27-26(20-33)29(32-34(27)15-16-36)30(37)31-17-22-9-6-8-21-7-2-3-10-24(21)22/h2-12,19,36H,13-18,20H2,1H3,(H,31,37). The molecule has 0 saturated heterocycles. The van der Waals surface area contributed by atoms with Crippen molar-refractivity contribution in [3.63, 3.8) is 0 Å². The number of carbonyl (C=O) groups excluding carboxylic acids is 1. The molecule has 0 atom stereocenters. The zero-order valence-electron chi connectivity index (χ0n) is 22.2. The lowest BCUT2D eigenvalue weighted by Crippen LogP contribution is -2.32. The molecule has 1 aliphatic rings. The second kappa shape index (κ2) is 10.5. The Morgan fingerprint density at radius 2 is 1.75 bits per heavy atom. The molecule has 1 amide bonds. The Hall–Kier alpha value is -3.99. The van der Waals surface area contributed by atoms with E-state index in [1.807, 2.05) is 54.6 Å². The fourth-order valence-electron chi connectivity index (χ4n) is 5.71. The first-order valence-corrected chi connectivity index (χ1v) is 15.1. The van der Waals surface area contributed by atoms with Crippen LogP contribution in [0.2, 0.25) is 0 Å². The first-order valence-electron chi connectivity index (χ1n) is 13.3. The number of aliphatic hydroxyl groups excluding tert-OH is 1. The zero-order chi connectivity index (χ0) is 27.9. The van der Waals surface area contributed by atoms with Crippen molar-refractivity contribution < 1.29 is 18.3 Å². The van der Waals surface area contributed by atoms with Crippen LogP contribution in [0.1, 0.15) is 32.9 Å². The summed E-state index contributed by atoms with van der Waals surface area (Å²) in [6, 6.07) is 21.6. The molecule has 0 spiro atoms. The summed E-state index contributed by atoms with van der Waals surface area (Å²) in [5.41, 5.74) is 4.77. The molecule has 1 aliphatic heterocycles. The molecular weight excluding hydrogens is 526 g/mol. The van der Waals surface area contributed by atoms with Crippen LogP contribution in [-0.4, -0.2) is 57.5 Å². The fourth-order valence-corrected chi connectivity index (χ4v) is 6.54. The first-order chi connectivity index (χ1) is 19.3. The van der Waals surface area contributed by atoms with Crippen LogP contribution >= 0.6 is 0 Å². The molecule has 5 aromatic rings. The van der Waals surface area contributed by atoms with E-state index in [4.69, 9.17) is 0 Å².